The van der Waals surface area contributed by atoms with E-state index in [4.69, 9.17) is 5.11 Å². The molecule has 2 N–H and O–H groups in total. The summed E-state index contributed by atoms with van der Waals surface area (Å²) in [6.07, 6.45) is -3.43. The Morgan fingerprint density at radius 3 is 2.36 bits per heavy atom. The minimum atomic E-state index is -4.51. The molecular weight excluding hydrogens is 195 g/mol. The van der Waals surface area contributed by atoms with Gasteiger partial charge in [-0.25, -0.2) is 0 Å². The van der Waals surface area contributed by atoms with Gasteiger partial charge in [0, 0.05) is 12.6 Å². The largest absolute Gasteiger partial charge is 0.415 e. The van der Waals surface area contributed by atoms with Crippen LogP contribution >= 0.6 is 0 Å². The summed E-state index contributed by atoms with van der Waals surface area (Å²) < 4.78 is 35.7. The molecule has 84 valence electrons. The molecule has 5 heteroatoms. The first-order valence-corrected chi connectivity index (χ1v) is 4.89. The molecule has 2 nitrogen and oxygen atoms in total. The van der Waals surface area contributed by atoms with Gasteiger partial charge >= 0.3 is 6.18 Å². The van der Waals surface area contributed by atoms with Crippen molar-refractivity contribution in [3.05, 3.63) is 0 Å². The second kappa shape index (κ2) is 4.49. The molecule has 1 fully saturated rings. The fourth-order valence-electron chi connectivity index (χ4n) is 1.52. The molecule has 0 aromatic heterocycles. The number of nitrogens with one attached hydrogen (secondary N) is 1. The van der Waals surface area contributed by atoms with E-state index in [9.17, 15) is 13.2 Å². The smallest absolute Gasteiger partial charge is 0.382 e. The maximum absolute atomic E-state index is 11.9. The zero-order valence-electron chi connectivity index (χ0n) is 8.14. The fraction of sp³-hybridized carbons (Fsp3) is 1.00. The Bertz CT molecular complexity index is 179. The van der Waals surface area contributed by atoms with Crippen LogP contribution in [-0.2, 0) is 0 Å². The zero-order valence-corrected chi connectivity index (χ0v) is 8.14. The van der Waals surface area contributed by atoms with E-state index in [2.05, 4.69) is 5.32 Å². The molecule has 1 saturated carbocycles. The summed E-state index contributed by atoms with van der Waals surface area (Å²) >= 11 is 0. The first-order chi connectivity index (χ1) is 6.41. The highest BCUT2D eigenvalue weighted by molar-refractivity contribution is 4.81. The Morgan fingerprint density at radius 1 is 1.43 bits per heavy atom. The fourth-order valence-corrected chi connectivity index (χ4v) is 1.52. The van der Waals surface area contributed by atoms with E-state index in [1.165, 1.54) is 6.42 Å². The van der Waals surface area contributed by atoms with Crippen molar-refractivity contribution in [2.75, 3.05) is 6.54 Å². The van der Waals surface area contributed by atoms with Gasteiger partial charge in [-0.15, -0.1) is 0 Å². The van der Waals surface area contributed by atoms with Crippen molar-refractivity contribution >= 4 is 0 Å². The molecule has 1 aliphatic rings. The summed E-state index contributed by atoms with van der Waals surface area (Å²) in [5.74, 6) is 0.482. The monoisotopic (exact) mass is 211 g/mol. The molecule has 0 heterocycles. The highest BCUT2D eigenvalue weighted by atomic mass is 19.4. The summed E-state index contributed by atoms with van der Waals surface area (Å²) in [6.45, 7) is 1.47. The van der Waals surface area contributed by atoms with E-state index >= 15 is 0 Å². The number of rotatable bonds is 4. The topological polar surface area (TPSA) is 32.3 Å². The quantitative estimate of drug-likeness (QED) is 0.741. The van der Waals surface area contributed by atoms with Crippen LogP contribution < -0.4 is 5.32 Å². The molecule has 0 aromatic rings. The van der Waals surface area contributed by atoms with Gasteiger partial charge in [0.2, 0.25) is 0 Å². The lowest BCUT2D eigenvalue weighted by Gasteiger charge is -2.32. The van der Waals surface area contributed by atoms with E-state index in [0.29, 0.717) is 5.92 Å². The van der Waals surface area contributed by atoms with Gasteiger partial charge in [0.1, 0.15) is 0 Å². The zero-order chi connectivity index (χ0) is 10.8. The molecule has 2 atom stereocenters. The van der Waals surface area contributed by atoms with Crippen molar-refractivity contribution in [2.24, 2.45) is 5.92 Å². The number of alkyl halides is 3. The highest BCUT2D eigenvalue weighted by Crippen LogP contribution is 2.29. The molecule has 2 unspecified atom stereocenters. The van der Waals surface area contributed by atoms with Crippen LogP contribution in [0.25, 0.3) is 0 Å². The van der Waals surface area contributed by atoms with Crippen LogP contribution in [0, 0.1) is 5.92 Å². The van der Waals surface area contributed by atoms with Gasteiger partial charge in [-0.2, -0.15) is 13.2 Å². The Labute approximate surface area is 81.5 Å². The van der Waals surface area contributed by atoms with Crippen LogP contribution in [0.15, 0.2) is 0 Å². The molecule has 0 amide bonds. The van der Waals surface area contributed by atoms with Crippen molar-refractivity contribution < 1.29 is 18.3 Å². The van der Waals surface area contributed by atoms with Gasteiger partial charge in [-0.05, 0) is 25.7 Å². The van der Waals surface area contributed by atoms with Crippen LogP contribution in [0.2, 0.25) is 0 Å². The Kier molecular flexibility index (Phi) is 3.78. The lowest BCUT2D eigenvalue weighted by Crippen LogP contribution is -2.45. The van der Waals surface area contributed by atoms with Crippen LogP contribution in [0.5, 0.6) is 0 Å². The van der Waals surface area contributed by atoms with E-state index in [0.717, 1.165) is 12.8 Å². The molecule has 1 aliphatic carbocycles. The van der Waals surface area contributed by atoms with Crippen LogP contribution in [0.1, 0.15) is 26.2 Å². The Hall–Kier alpha value is -0.290. The molecule has 0 aliphatic heterocycles. The predicted molar refractivity (Wildman–Crippen MR) is 46.9 cm³/mol. The first kappa shape index (κ1) is 11.8. The number of halogens is 3. The average Bonchev–Trinajstić information content (AvgIpc) is 1.94. The van der Waals surface area contributed by atoms with Gasteiger partial charge in [-0.1, -0.05) is 6.42 Å². The lowest BCUT2D eigenvalue weighted by atomic mass is 9.80. The molecule has 0 saturated heterocycles. The van der Waals surface area contributed by atoms with Gasteiger partial charge in [0.15, 0.2) is 6.10 Å². The summed E-state index contributed by atoms with van der Waals surface area (Å²) in [5.41, 5.74) is 0. The van der Waals surface area contributed by atoms with Gasteiger partial charge < -0.3 is 10.4 Å². The second-order valence-corrected chi connectivity index (χ2v) is 3.95. The maximum Gasteiger partial charge on any atom is 0.415 e. The van der Waals surface area contributed by atoms with Crippen LogP contribution in [0.3, 0.4) is 0 Å². The number of aliphatic hydroxyl groups excluding tert-OH is 1. The van der Waals surface area contributed by atoms with Crippen molar-refractivity contribution in [2.45, 2.75) is 44.5 Å². The summed E-state index contributed by atoms with van der Waals surface area (Å²) in [6, 6.07) is 0.0701. The molecule has 0 spiro atoms. The third-order valence-electron chi connectivity index (χ3n) is 2.87. The maximum atomic E-state index is 11.9. The molecule has 0 aromatic carbocycles. The predicted octanol–water partition coefficient (Wildman–Crippen LogP) is 1.69. The minimum Gasteiger partial charge on any atom is -0.382 e. The average molecular weight is 211 g/mol. The number of hydrogen-bond donors (Lipinski definition) is 2. The van der Waals surface area contributed by atoms with Gasteiger partial charge in [-0.3, -0.25) is 0 Å². The van der Waals surface area contributed by atoms with E-state index in [1.807, 2.05) is 6.92 Å². The minimum absolute atomic E-state index is 0.0701. The molecule has 0 bridgehead atoms. The first-order valence-electron chi connectivity index (χ1n) is 4.89. The van der Waals surface area contributed by atoms with E-state index in [-0.39, 0.29) is 6.04 Å². The van der Waals surface area contributed by atoms with Crippen LogP contribution in [0.4, 0.5) is 13.2 Å². The molecular formula is C9H16F3NO. The highest BCUT2D eigenvalue weighted by Gasteiger charge is 2.38. The van der Waals surface area contributed by atoms with Crippen molar-refractivity contribution in [3.63, 3.8) is 0 Å². The molecule has 1 rings (SSSR count). The normalized spacial score (nSPS) is 22.9. The van der Waals surface area contributed by atoms with Crippen LogP contribution in [-0.4, -0.2) is 30.0 Å². The summed E-state index contributed by atoms with van der Waals surface area (Å²) in [4.78, 5) is 0. The Balaban J connectivity index is 2.18. The number of aliphatic hydroxyl groups is 1. The van der Waals surface area contributed by atoms with Crippen molar-refractivity contribution in [1.82, 2.24) is 5.32 Å². The molecule has 0 radical (unpaired) electrons. The third kappa shape index (κ3) is 3.13. The van der Waals surface area contributed by atoms with Crippen molar-refractivity contribution in [1.29, 1.82) is 0 Å². The number of hydrogen-bond acceptors (Lipinski definition) is 2. The van der Waals surface area contributed by atoms with E-state index in [1.54, 1.807) is 0 Å². The second-order valence-electron chi connectivity index (χ2n) is 3.95. The molecule has 14 heavy (non-hydrogen) atoms. The van der Waals surface area contributed by atoms with Gasteiger partial charge in [0.05, 0.1) is 0 Å². The summed E-state index contributed by atoms with van der Waals surface area (Å²) in [5, 5.41) is 11.4. The van der Waals surface area contributed by atoms with Gasteiger partial charge in [0.25, 0.3) is 0 Å². The summed E-state index contributed by atoms with van der Waals surface area (Å²) in [7, 11) is 0. The Morgan fingerprint density at radius 2 is 2.00 bits per heavy atom. The SMILES string of the molecule is CC(NCC(O)C(F)(F)F)C1CCC1. The third-order valence-corrected chi connectivity index (χ3v) is 2.87. The standard InChI is InChI=1S/C9H16F3NO/c1-6(7-3-2-4-7)13-5-8(14)9(10,11)12/h6-8,13-14H,2-5H2,1H3. The van der Waals surface area contributed by atoms with Crippen molar-refractivity contribution in [3.8, 4) is 0 Å². The lowest BCUT2D eigenvalue weighted by molar-refractivity contribution is -0.202. The van der Waals surface area contributed by atoms with E-state index < -0.39 is 18.8 Å².